The van der Waals surface area contributed by atoms with Crippen LogP contribution in [-0.2, 0) is 0 Å². The third-order valence-corrected chi connectivity index (χ3v) is 1.96. The van der Waals surface area contributed by atoms with Gasteiger partial charge in [0.25, 0.3) is 0 Å². The summed E-state index contributed by atoms with van der Waals surface area (Å²) in [6.45, 7) is 0. The van der Waals surface area contributed by atoms with E-state index in [1.54, 1.807) is 0 Å². The van der Waals surface area contributed by atoms with E-state index in [2.05, 4.69) is 9.97 Å². The number of hydrogen-bond donors (Lipinski definition) is 1. The number of phenols is 1. The van der Waals surface area contributed by atoms with E-state index in [-0.39, 0.29) is 21.7 Å². The van der Waals surface area contributed by atoms with E-state index in [1.807, 2.05) is 0 Å². The van der Waals surface area contributed by atoms with E-state index >= 15 is 0 Å². The zero-order valence-electron chi connectivity index (χ0n) is 6.33. The molecule has 0 spiro atoms. The van der Waals surface area contributed by atoms with E-state index < -0.39 is 5.82 Å². The predicted octanol–water partition coefficient (Wildman–Crippen LogP) is 2.13. The molecule has 2 rings (SSSR count). The van der Waals surface area contributed by atoms with Gasteiger partial charge in [-0.2, -0.15) is 0 Å². The van der Waals surface area contributed by atoms with Crippen molar-refractivity contribution in [2.24, 2.45) is 0 Å². The lowest BCUT2D eigenvalue weighted by Crippen LogP contribution is -1.86. The summed E-state index contributed by atoms with van der Waals surface area (Å²) in [6, 6.07) is 1.03. The maximum Gasteiger partial charge on any atom is 0.160 e. The number of halogens is 2. The molecular formula is C8H4ClFN2O. The second-order valence-electron chi connectivity index (χ2n) is 2.47. The average Bonchev–Trinajstić information content (AvgIpc) is 2.15. The van der Waals surface area contributed by atoms with Gasteiger partial charge in [0.05, 0.1) is 10.4 Å². The van der Waals surface area contributed by atoms with Gasteiger partial charge in [-0.15, -0.1) is 0 Å². The van der Waals surface area contributed by atoms with Crippen LogP contribution in [0.25, 0.3) is 10.9 Å². The molecular weight excluding hydrogens is 195 g/mol. The molecule has 0 aliphatic rings. The van der Waals surface area contributed by atoms with Gasteiger partial charge in [-0.1, -0.05) is 11.6 Å². The van der Waals surface area contributed by atoms with Gasteiger partial charge in [0.1, 0.15) is 17.7 Å². The summed E-state index contributed by atoms with van der Waals surface area (Å²) >= 11 is 5.54. The molecule has 3 nitrogen and oxygen atoms in total. The summed E-state index contributed by atoms with van der Waals surface area (Å²) < 4.78 is 13.2. The fourth-order valence-electron chi connectivity index (χ4n) is 1.06. The van der Waals surface area contributed by atoms with E-state index in [9.17, 15) is 9.50 Å². The Labute approximate surface area is 77.8 Å². The second kappa shape index (κ2) is 2.81. The monoisotopic (exact) mass is 198 g/mol. The van der Waals surface area contributed by atoms with Gasteiger partial charge in [-0.25, -0.2) is 14.4 Å². The first kappa shape index (κ1) is 8.19. The van der Waals surface area contributed by atoms with Crippen LogP contribution >= 0.6 is 11.6 Å². The third kappa shape index (κ3) is 1.19. The van der Waals surface area contributed by atoms with Crippen LogP contribution < -0.4 is 0 Å². The highest BCUT2D eigenvalue weighted by Gasteiger charge is 2.10. The van der Waals surface area contributed by atoms with Gasteiger partial charge in [-0.05, 0) is 6.07 Å². The first-order chi connectivity index (χ1) is 6.20. The summed E-state index contributed by atoms with van der Waals surface area (Å²) in [5.41, 5.74) is 0.125. The molecule has 66 valence electrons. The Balaban J connectivity index is 2.97. The Bertz CT molecular complexity index is 475. The molecule has 0 unspecified atom stereocenters. The lowest BCUT2D eigenvalue weighted by molar-refractivity contribution is 0.479. The van der Waals surface area contributed by atoms with Gasteiger partial charge in [0, 0.05) is 6.20 Å². The van der Waals surface area contributed by atoms with E-state index in [0.29, 0.717) is 0 Å². The van der Waals surface area contributed by atoms with E-state index in [4.69, 9.17) is 11.6 Å². The maximum absolute atomic E-state index is 13.2. The topological polar surface area (TPSA) is 46.0 Å². The molecule has 1 heterocycles. The third-order valence-electron chi connectivity index (χ3n) is 1.67. The highest BCUT2D eigenvalue weighted by atomic mass is 35.5. The van der Waals surface area contributed by atoms with Crippen molar-refractivity contribution >= 4 is 22.5 Å². The molecule has 0 saturated heterocycles. The summed E-state index contributed by atoms with van der Waals surface area (Å²) in [6.07, 6.45) is 2.51. The number of rotatable bonds is 0. The highest BCUT2D eigenvalue weighted by molar-refractivity contribution is 6.33. The quantitative estimate of drug-likeness (QED) is 0.705. The van der Waals surface area contributed by atoms with Crippen molar-refractivity contribution in [1.29, 1.82) is 0 Å². The van der Waals surface area contributed by atoms with Crippen molar-refractivity contribution in [3.63, 3.8) is 0 Å². The fraction of sp³-hybridized carbons (Fsp3) is 0. The second-order valence-corrected chi connectivity index (χ2v) is 2.88. The van der Waals surface area contributed by atoms with Crippen molar-refractivity contribution in [1.82, 2.24) is 9.97 Å². The number of hydrogen-bond acceptors (Lipinski definition) is 3. The van der Waals surface area contributed by atoms with E-state index in [0.717, 1.165) is 6.07 Å². The maximum atomic E-state index is 13.2. The van der Waals surface area contributed by atoms with Crippen LogP contribution in [-0.4, -0.2) is 15.1 Å². The summed E-state index contributed by atoms with van der Waals surface area (Å²) in [5, 5.41) is 9.50. The van der Waals surface area contributed by atoms with Gasteiger partial charge in [0.15, 0.2) is 5.75 Å². The Kier molecular flexibility index (Phi) is 1.77. The molecule has 0 amide bonds. The minimum Gasteiger partial charge on any atom is -0.504 e. The molecule has 0 radical (unpaired) electrons. The van der Waals surface area contributed by atoms with Crippen LogP contribution in [0.5, 0.6) is 5.75 Å². The number of aromatic hydroxyl groups is 1. The van der Waals surface area contributed by atoms with Crippen molar-refractivity contribution in [3.05, 3.63) is 29.4 Å². The molecule has 0 atom stereocenters. The minimum absolute atomic E-state index is 0.0521. The van der Waals surface area contributed by atoms with Crippen LogP contribution in [0.15, 0.2) is 18.6 Å². The zero-order chi connectivity index (χ0) is 9.42. The number of fused-ring (bicyclic) bond motifs is 1. The molecule has 0 bridgehead atoms. The van der Waals surface area contributed by atoms with Gasteiger partial charge in [0.2, 0.25) is 0 Å². The zero-order valence-corrected chi connectivity index (χ0v) is 7.09. The fourth-order valence-corrected chi connectivity index (χ4v) is 1.25. The lowest BCUT2D eigenvalue weighted by atomic mass is 10.2. The molecule has 13 heavy (non-hydrogen) atoms. The number of nitrogens with zero attached hydrogens (tertiary/aromatic N) is 2. The molecule has 1 aromatic carbocycles. The average molecular weight is 199 g/mol. The van der Waals surface area contributed by atoms with Crippen molar-refractivity contribution < 1.29 is 9.50 Å². The first-order valence-corrected chi connectivity index (χ1v) is 3.84. The molecule has 0 saturated carbocycles. The summed E-state index contributed by atoms with van der Waals surface area (Å²) in [5.74, 6) is -0.765. The summed E-state index contributed by atoms with van der Waals surface area (Å²) in [7, 11) is 0. The van der Waals surface area contributed by atoms with Crippen LogP contribution in [0.1, 0.15) is 0 Å². The van der Waals surface area contributed by atoms with Gasteiger partial charge < -0.3 is 5.11 Å². The van der Waals surface area contributed by atoms with Crippen molar-refractivity contribution in [2.45, 2.75) is 0 Å². The van der Waals surface area contributed by atoms with Gasteiger partial charge >= 0.3 is 0 Å². The van der Waals surface area contributed by atoms with Crippen molar-refractivity contribution in [3.8, 4) is 5.75 Å². The van der Waals surface area contributed by atoms with Gasteiger partial charge in [-0.3, -0.25) is 0 Å². The molecule has 0 aliphatic carbocycles. The molecule has 0 aliphatic heterocycles. The normalized spacial score (nSPS) is 10.6. The number of aromatic nitrogens is 2. The number of benzene rings is 1. The molecule has 5 heteroatoms. The lowest BCUT2D eigenvalue weighted by Gasteiger charge is -2.01. The standard InChI is InChI=1S/C8H4ClFN2O/c9-5-1-6(10)4-2-11-3-12-7(4)8(5)13/h1-3,13H. The van der Waals surface area contributed by atoms with E-state index in [1.165, 1.54) is 12.5 Å². The van der Waals surface area contributed by atoms with Crippen LogP contribution in [0.2, 0.25) is 5.02 Å². The Morgan fingerprint density at radius 1 is 1.46 bits per heavy atom. The predicted molar refractivity (Wildman–Crippen MR) is 46.2 cm³/mol. The molecule has 1 N–H and O–H groups in total. The molecule has 2 aromatic rings. The number of phenolic OH excluding ortho intramolecular Hbond substituents is 1. The Hall–Kier alpha value is -1.42. The highest BCUT2D eigenvalue weighted by Crippen LogP contribution is 2.31. The minimum atomic E-state index is -0.543. The Morgan fingerprint density at radius 2 is 2.23 bits per heavy atom. The van der Waals surface area contributed by atoms with Crippen LogP contribution in [0.3, 0.4) is 0 Å². The van der Waals surface area contributed by atoms with Crippen LogP contribution in [0, 0.1) is 5.82 Å². The Morgan fingerprint density at radius 3 is 3.00 bits per heavy atom. The molecule has 1 aromatic heterocycles. The van der Waals surface area contributed by atoms with Crippen molar-refractivity contribution in [2.75, 3.05) is 0 Å². The largest absolute Gasteiger partial charge is 0.504 e. The smallest absolute Gasteiger partial charge is 0.160 e. The summed E-state index contributed by atoms with van der Waals surface area (Å²) in [4.78, 5) is 7.36. The molecule has 0 fully saturated rings. The van der Waals surface area contributed by atoms with Crippen LogP contribution in [0.4, 0.5) is 4.39 Å². The SMILES string of the molecule is Oc1c(Cl)cc(F)c2cncnc12. The first-order valence-electron chi connectivity index (χ1n) is 3.47.